The van der Waals surface area contributed by atoms with Crippen LogP contribution in [0.25, 0.3) is 0 Å². The quantitative estimate of drug-likeness (QED) is 0.635. The van der Waals surface area contributed by atoms with Gasteiger partial charge in [0.05, 0.1) is 11.8 Å². The van der Waals surface area contributed by atoms with Crippen LogP contribution in [-0.4, -0.2) is 27.7 Å². The highest BCUT2D eigenvalue weighted by molar-refractivity contribution is 4.92. The van der Waals surface area contributed by atoms with Crippen molar-refractivity contribution in [3.63, 3.8) is 0 Å². The van der Waals surface area contributed by atoms with E-state index in [1.807, 2.05) is 4.68 Å². The van der Waals surface area contributed by atoms with Gasteiger partial charge in [-0.15, -0.1) is 5.10 Å². The van der Waals surface area contributed by atoms with E-state index < -0.39 is 0 Å². The van der Waals surface area contributed by atoms with Crippen molar-refractivity contribution in [1.29, 1.82) is 0 Å². The third-order valence-electron chi connectivity index (χ3n) is 3.06. The number of rotatable bonds is 9. The SMILES string of the molecule is CCC(C)Cn1cc(CCCCOC(C)C)nn1. The number of unbranched alkanes of at least 4 members (excludes halogenated alkanes) is 1. The lowest BCUT2D eigenvalue weighted by Gasteiger charge is -2.06. The molecule has 1 aromatic heterocycles. The molecule has 0 saturated carbocycles. The number of aryl methyl sites for hydroxylation is 1. The molecule has 1 unspecified atom stereocenters. The second-order valence-electron chi connectivity index (χ2n) is 5.32. The highest BCUT2D eigenvalue weighted by atomic mass is 16.5. The molecule has 1 heterocycles. The Morgan fingerprint density at radius 2 is 2.06 bits per heavy atom. The van der Waals surface area contributed by atoms with Gasteiger partial charge in [0.1, 0.15) is 0 Å². The van der Waals surface area contributed by atoms with E-state index in [9.17, 15) is 0 Å². The topological polar surface area (TPSA) is 39.9 Å². The van der Waals surface area contributed by atoms with Crippen LogP contribution in [0.2, 0.25) is 0 Å². The first kappa shape index (κ1) is 15.2. The van der Waals surface area contributed by atoms with Crippen molar-refractivity contribution in [2.75, 3.05) is 6.61 Å². The van der Waals surface area contributed by atoms with Crippen molar-refractivity contribution in [2.45, 2.75) is 66.0 Å². The molecule has 0 spiro atoms. The van der Waals surface area contributed by atoms with Crippen LogP contribution in [-0.2, 0) is 17.7 Å². The number of aromatic nitrogens is 3. The van der Waals surface area contributed by atoms with Crippen LogP contribution in [0.15, 0.2) is 6.20 Å². The van der Waals surface area contributed by atoms with E-state index in [0.717, 1.165) is 38.1 Å². The monoisotopic (exact) mass is 253 g/mol. The van der Waals surface area contributed by atoms with Crippen molar-refractivity contribution in [1.82, 2.24) is 15.0 Å². The maximum absolute atomic E-state index is 5.51. The predicted molar refractivity (Wildman–Crippen MR) is 73.5 cm³/mol. The van der Waals surface area contributed by atoms with E-state index in [2.05, 4.69) is 44.2 Å². The van der Waals surface area contributed by atoms with Gasteiger partial charge >= 0.3 is 0 Å². The van der Waals surface area contributed by atoms with Gasteiger partial charge in [-0.25, -0.2) is 0 Å². The smallest absolute Gasteiger partial charge is 0.0827 e. The van der Waals surface area contributed by atoms with Crippen molar-refractivity contribution in [2.24, 2.45) is 5.92 Å². The second kappa shape index (κ2) is 8.25. The molecule has 0 aliphatic rings. The highest BCUT2D eigenvalue weighted by Gasteiger charge is 2.04. The van der Waals surface area contributed by atoms with Gasteiger partial charge in [-0.3, -0.25) is 4.68 Å². The van der Waals surface area contributed by atoms with Crippen LogP contribution in [0.4, 0.5) is 0 Å². The standard InChI is InChI=1S/C14H27N3O/c1-5-13(4)10-17-11-14(15-16-17)8-6-7-9-18-12(2)3/h11-13H,5-10H2,1-4H3. The number of hydrogen-bond acceptors (Lipinski definition) is 3. The number of ether oxygens (including phenoxy) is 1. The van der Waals surface area contributed by atoms with Gasteiger partial charge in [0, 0.05) is 19.3 Å². The Morgan fingerprint density at radius 3 is 2.72 bits per heavy atom. The van der Waals surface area contributed by atoms with Crippen LogP contribution in [0.1, 0.15) is 52.7 Å². The first-order valence-electron chi connectivity index (χ1n) is 7.12. The molecule has 18 heavy (non-hydrogen) atoms. The molecule has 1 aromatic rings. The van der Waals surface area contributed by atoms with Gasteiger partial charge in [0.25, 0.3) is 0 Å². The summed E-state index contributed by atoms with van der Waals surface area (Å²) >= 11 is 0. The van der Waals surface area contributed by atoms with E-state index in [4.69, 9.17) is 4.74 Å². The van der Waals surface area contributed by atoms with Crippen LogP contribution in [0.5, 0.6) is 0 Å². The largest absolute Gasteiger partial charge is 0.379 e. The molecule has 0 aliphatic carbocycles. The minimum absolute atomic E-state index is 0.335. The molecule has 0 aliphatic heterocycles. The van der Waals surface area contributed by atoms with E-state index >= 15 is 0 Å². The Hall–Kier alpha value is -0.900. The zero-order valence-electron chi connectivity index (χ0n) is 12.2. The summed E-state index contributed by atoms with van der Waals surface area (Å²) in [4.78, 5) is 0. The summed E-state index contributed by atoms with van der Waals surface area (Å²) in [6.45, 7) is 10.4. The number of hydrogen-bond donors (Lipinski definition) is 0. The normalized spacial score (nSPS) is 13.2. The van der Waals surface area contributed by atoms with Crippen molar-refractivity contribution in [3.05, 3.63) is 11.9 Å². The maximum Gasteiger partial charge on any atom is 0.0827 e. The third kappa shape index (κ3) is 6.15. The Bertz CT molecular complexity index is 323. The van der Waals surface area contributed by atoms with E-state index in [-0.39, 0.29) is 0 Å². The summed E-state index contributed by atoms with van der Waals surface area (Å²) in [5.41, 5.74) is 1.10. The van der Waals surface area contributed by atoms with E-state index in [1.54, 1.807) is 0 Å². The minimum Gasteiger partial charge on any atom is -0.379 e. The summed E-state index contributed by atoms with van der Waals surface area (Å²) in [5, 5.41) is 8.38. The fourth-order valence-corrected chi connectivity index (χ4v) is 1.72. The average molecular weight is 253 g/mol. The van der Waals surface area contributed by atoms with Crippen LogP contribution in [0.3, 0.4) is 0 Å². The maximum atomic E-state index is 5.51. The zero-order valence-corrected chi connectivity index (χ0v) is 12.2. The first-order valence-corrected chi connectivity index (χ1v) is 7.12. The fourth-order valence-electron chi connectivity index (χ4n) is 1.72. The van der Waals surface area contributed by atoms with E-state index in [0.29, 0.717) is 12.0 Å². The van der Waals surface area contributed by atoms with Gasteiger partial charge in [-0.1, -0.05) is 25.5 Å². The molecule has 0 saturated heterocycles. The average Bonchev–Trinajstić information content (AvgIpc) is 2.75. The molecule has 104 valence electrons. The molecule has 0 amide bonds. The molecule has 0 fully saturated rings. The molecule has 0 N–H and O–H groups in total. The van der Waals surface area contributed by atoms with Gasteiger partial charge in [0.15, 0.2) is 0 Å². The third-order valence-corrected chi connectivity index (χ3v) is 3.06. The summed E-state index contributed by atoms with van der Waals surface area (Å²) < 4.78 is 7.48. The fraction of sp³-hybridized carbons (Fsp3) is 0.857. The molecule has 0 radical (unpaired) electrons. The molecule has 1 rings (SSSR count). The Kier molecular flexibility index (Phi) is 6.94. The zero-order chi connectivity index (χ0) is 13.4. The van der Waals surface area contributed by atoms with Crippen molar-refractivity contribution < 1.29 is 4.74 Å². The molecule has 1 atom stereocenters. The molecule has 0 bridgehead atoms. The lowest BCUT2D eigenvalue weighted by molar-refractivity contribution is 0.0760. The lowest BCUT2D eigenvalue weighted by Crippen LogP contribution is -2.07. The second-order valence-corrected chi connectivity index (χ2v) is 5.32. The summed E-state index contributed by atoms with van der Waals surface area (Å²) in [5.74, 6) is 0.666. The molecular weight excluding hydrogens is 226 g/mol. The molecule has 4 heteroatoms. The van der Waals surface area contributed by atoms with Crippen LogP contribution in [0, 0.1) is 5.92 Å². The molecule has 4 nitrogen and oxygen atoms in total. The Balaban J connectivity index is 2.19. The predicted octanol–water partition coefficient (Wildman–Crippen LogP) is 3.07. The molecular formula is C14H27N3O. The summed E-state index contributed by atoms with van der Waals surface area (Å²) in [6.07, 6.45) is 6.81. The van der Waals surface area contributed by atoms with Crippen molar-refractivity contribution >= 4 is 0 Å². The van der Waals surface area contributed by atoms with Gasteiger partial charge in [0.2, 0.25) is 0 Å². The van der Waals surface area contributed by atoms with Crippen molar-refractivity contribution in [3.8, 4) is 0 Å². The lowest BCUT2D eigenvalue weighted by atomic mass is 10.1. The highest BCUT2D eigenvalue weighted by Crippen LogP contribution is 2.06. The van der Waals surface area contributed by atoms with Gasteiger partial charge in [-0.2, -0.15) is 0 Å². The van der Waals surface area contributed by atoms with Crippen LogP contribution >= 0.6 is 0 Å². The summed E-state index contributed by atoms with van der Waals surface area (Å²) in [7, 11) is 0. The molecule has 0 aromatic carbocycles. The Labute approximate surface area is 111 Å². The van der Waals surface area contributed by atoms with E-state index in [1.165, 1.54) is 6.42 Å². The van der Waals surface area contributed by atoms with Gasteiger partial charge < -0.3 is 4.74 Å². The minimum atomic E-state index is 0.335. The summed E-state index contributed by atoms with van der Waals surface area (Å²) in [6, 6.07) is 0. The van der Waals surface area contributed by atoms with Crippen LogP contribution < -0.4 is 0 Å². The first-order chi connectivity index (χ1) is 8.61. The van der Waals surface area contributed by atoms with Gasteiger partial charge in [-0.05, 0) is 39.0 Å². The number of nitrogens with zero attached hydrogens (tertiary/aromatic N) is 3. The Morgan fingerprint density at radius 1 is 1.28 bits per heavy atom.